The number of hydrogen-bond acceptors (Lipinski definition) is 2. The van der Waals surface area contributed by atoms with Gasteiger partial charge in [-0.2, -0.15) is 0 Å². The standard InChI is InChI=1S/C15H19N3O2/c1-16-13(10-12-4-2-3-5-14(12)16)11-17-6-8-18(9-7-17)15(19)20/h2-5,10H,6-9,11H2,1H3,(H,19,20). The molecule has 0 aliphatic carbocycles. The molecule has 0 radical (unpaired) electrons. The van der Waals surface area contributed by atoms with Crippen molar-refractivity contribution in [2.45, 2.75) is 6.54 Å². The molecule has 1 aromatic carbocycles. The van der Waals surface area contributed by atoms with Crippen molar-refractivity contribution >= 4 is 17.0 Å². The molecule has 1 N–H and O–H groups in total. The Morgan fingerprint density at radius 1 is 1.20 bits per heavy atom. The Morgan fingerprint density at radius 3 is 2.55 bits per heavy atom. The van der Waals surface area contributed by atoms with E-state index in [1.165, 1.54) is 21.5 Å². The summed E-state index contributed by atoms with van der Waals surface area (Å²) in [6, 6.07) is 10.6. The van der Waals surface area contributed by atoms with Gasteiger partial charge in [-0.25, -0.2) is 4.79 Å². The molecule has 2 heterocycles. The van der Waals surface area contributed by atoms with Gasteiger partial charge in [0.05, 0.1) is 0 Å². The lowest BCUT2D eigenvalue weighted by Crippen LogP contribution is -2.47. The smallest absolute Gasteiger partial charge is 0.407 e. The Hall–Kier alpha value is -2.01. The predicted molar refractivity (Wildman–Crippen MR) is 77.8 cm³/mol. The van der Waals surface area contributed by atoms with Gasteiger partial charge in [0.2, 0.25) is 0 Å². The zero-order valence-corrected chi connectivity index (χ0v) is 11.6. The number of amides is 1. The van der Waals surface area contributed by atoms with Gasteiger partial charge in [-0.1, -0.05) is 18.2 Å². The second-order valence-electron chi connectivity index (χ2n) is 5.30. The van der Waals surface area contributed by atoms with Crippen LogP contribution in [0.2, 0.25) is 0 Å². The number of aryl methyl sites for hydroxylation is 1. The Kier molecular flexibility index (Phi) is 3.36. The van der Waals surface area contributed by atoms with Gasteiger partial charge in [-0.3, -0.25) is 4.90 Å². The molecule has 106 valence electrons. The summed E-state index contributed by atoms with van der Waals surface area (Å²) in [5, 5.41) is 10.2. The quantitative estimate of drug-likeness (QED) is 0.910. The summed E-state index contributed by atoms with van der Waals surface area (Å²) in [4.78, 5) is 14.7. The molecule has 20 heavy (non-hydrogen) atoms. The molecule has 0 saturated carbocycles. The Balaban J connectivity index is 1.71. The maximum atomic E-state index is 10.9. The van der Waals surface area contributed by atoms with Gasteiger partial charge in [0.1, 0.15) is 0 Å². The molecule has 3 rings (SSSR count). The first kappa shape index (κ1) is 13.0. The minimum atomic E-state index is -0.811. The van der Waals surface area contributed by atoms with Gasteiger partial charge in [-0.15, -0.1) is 0 Å². The molecule has 0 unspecified atom stereocenters. The van der Waals surface area contributed by atoms with E-state index in [0.29, 0.717) is 13.1 Å². The molecule has 0 spiro atoms. The first-order valence-electron chi connectivity index (χ1n) is 6.89. The number of piperazine rings is 1. The summed E-state index contributed by atoms with van der Waals surface area (Å²) in [7, 11) is 2.09. The fraction of sp³-hybridized carbons (Fsp3) is 0.400. The van der Waals surface area contributed by atoms with E-state index in [2.05, 4.69) is 46.8 Å². The van der Waals surface area contributed by atoms with E-state index in [0.717, 1.165) is 19.6 Å². The summed E-state index contributed by atoms with van der Waals surface area (Å²) >= 11 is 0. The van der Waals surface area contributed by atoms with Crippen LogP contribution in [0.4, 0.5) is 4.79 Å². The maximum absolute atomic E-state index is 10.9. The van der Waals surface area contributed by atoms with Crippen LogP contribution in [0, 0.1) is 0 Å². The number of aromatic nitrogens is 1. The third-order valence-corrected chi connectivity index (χ3v) is 4.08. The molecule has 5 heteroatoms. The third kappa shape index (κ3) is 2.36. The normalized spacial score (nSPS) is 16.8. The SMILES string of the molecule is Cn1c(CN2CCN(C(=O)O)CC2)cc2ccccc21. The molecule has 0 bridgehead atoms. The predicted octanol–water partition coefficient (Wildman–Crippen LogP) is 1.97. The number of hydrogen-bond donors (Lipinski definition) is 1. The van der Waals surface area contributed by atoms with Crippen LogP contribution >= 0.6 is 0 Å². The highest BCUT2D eigenvalue weighted by molar-refractivity contribution is 5.81. The average molecular weight is 273 g/mol. The number of carbonyl (C=O) groups is 1. The topological polar surface area (TPSA) is 48.7 Å². The number of rotatable bonds is 2. The molecule has 5 nitrogen and oxygen atoms in total. The zero-order valence-electron chi connectivity index (χ0n) is 11.6. The van der Waals surface area contributed by atoms with Gasteiger partial charge in [0.15, 0.2) is 0 Å². The van der Waals surface area contributed by atoms with E-state index in [9.17, 15) is 4.79 Å². The molecule has 1 saturated heterocycles. The first-order valence-corrected chi connectivity index (χ1v) is 6.89. The van der Waals surface area contributed by atoms with Crippen molar-refractivity contribution in [3.05, 3.63) is 36.0 Å². The highest BCUT2D eigenvalue weighted by Gasteiger charge is 2.21. The number of nitrogens with zero attached hydrogens (tertiary/aromatic N) is 3. The monoisotopic (exact) mass is 273 g/mol. The number of carboxylic acid groups (broad SMARTS) is 1. The van der Waals surface area contributed by atoms with E-state index in [1.807, 2.05) is 0 Å². The Bertz CT molecular complexity index is 627. The third-order valence-electron chi connectivity index (χ3n) is 4.08. The molecular weight excluding hydrogens is 254 g/mol. The number of para-hydroxylation sites is 1. The van der Waals surface area contributed by atoms with E-state index >= 15 is 0 Å². The minimum Gasteiger partial charge on any atom is -0.465 e. The van der Waals surface area contributed by atoms with Crippen molar-refractivity contribution in [3.63, 3.8) is 0 Å². The van der Waals surface area contributed by atoms with E-state index in [-0.39, 0.29) is 0 Å². The molecule has 1 fully saturated rings. The second kappa shape index (κ2) is 5.17. The van der Waals surface area contributed by atoms with Crippen molar-refractivity contribution < 1.29 is 9.90 Å². The summed E-state index contributed by atoms with van der Waals surface area (Å²) in [5.74, 6) is 0. The van der Waals surface area contributed by atoms with Gasteiger partial charge >= 0.3 is 6.09 Å². The lowest BCUT2D eigenvalue weighted by atomic mass is 10.2. The summed E-state index contributed by atoms with van der Waals surface area (Å²) in [6.07, 6.45) is -0.811. The lowest BCUT2D eigenvalue weighted by Gasteiger charge is -2.33. The van der Waals surface area contributed by atoms with Gasteiger partial charge in [-0.05, 0) is 17.5 Å². The molecule has 1 aromatic heterocycles. The number of fused-ring (bicyclic) bond motifs is 1. The van der Waals surface area contributed by atoms with Crippen molar-refractivity contribution in [3.8, 4) is 0 Å². The lowest BCUT2D eigenvalue weighted by molar-refractivity contribution is 0.102. The average Bonchev–Trinajstić information content (AvgIpc) is 2.77. The van der Waals surface area contributed by atoms with Crippen LogP contribution in [0.1, 0.15) is 5.69 Å². The molecular formula is C15H19N3O2. The van der Waals surface area contributed by atoms with Crippen LogP contribution in [-0.4, -0.2) is 51.7 Å². The van der Waals surface area contributed by atoms with Crippen LogP contribution in [0.25, 0.3) is 10.9 Å². The summed E-state index contributed by atoms with van der Waals surface area (Å²) in [6.45, 7) is 3.67. The van der Waals surface area contributed by atoms with E-state index in [1.54, 1.807) is 0 Å². The Labute approximate surface area is 118 Å². The number of benzene rings is 1. The van der Waals surface area contributed by atoms with Gasteiger partial charge in [0.25, 0.3) is 0 Å². The van der Waals surface area contributed by atoms with Crippen molar-refractivity contribution in [2.75, 3.05) is 26.2 Å². The van der Waals surface area contributed by atoms with E-state index < -0.39 is 6.09 Å². The maximum Gasteiger partial charge on any atom is 0.407 e. The van der Waals surface area contributed by atoms with E-state index in [4.69, 9.17) is 5.11 Å². The minimum absolute atomic E-state index is 0.597. The molecule has 2 aromatic rings. The van der Waals surface area contributed by atoms with Crippen molar-refractivity contribution in [1.82, 2.24) is 14.4 Å². The van der Waals surface area contributed by atoms with Gasteiger partial charge in [0, 0.05) is 51.0 Å². The molecule has 0 atom stereocenters. The van der Waals surface area contributed by atoms with Crippen LogP contribution in [0.15, 0.2) is 30.3 Å². The largest absolute Gasteiger partial charge is 0.465 e. The second-order valence-corrected chi connectivity index (χ2v) is 5.30. The highest BCUT2D eigenvalue weighted by Crippen LogP contribution is 2.20. The van der Waals surface area contributed by atoms with Crippen LogP contribution in [-0.2, 0) is 13.6 Å². The first-order chi connectivity index (χ1) is 9.65. The highest BCUT2D eigenvalue weighted by atomic mass is 16.4. The van der Waals surface area contributed by atoms with Gasteiger partial charge < -0.3 is 14.6 Å². The zero-order chi connectivity index (χ0) is 14.1. The summed E-state index contributed by atoms with van der Waals surface area (Å²) in [5.41, 5.74) is 2.52. The van der Waals surface area contributed by atoms with Crippen LogP contribution in [0.3, 0.4) is 0 Å². The fourth-order valence-corrected chi connectivity index (χ4v) is 2.82. The fourth-order valence-electron chi connectivity index (χ4n) is 2.82. The van der Waals surface area contributed by atoms with Crippen LogP contribution in [0.5, 0.6) is 0 Å². The summed E-state index contributed by atoms with van der Waals surface area (Å²) < 4.78 is 2.22. The molecule has 1 aliphatic heterocycles. The molecule has 1 aliphatic rings. The van der Waals surface area contributed by atoms with Crippen molar-refractivity contribution in [2.24, 2.45) is 7.05 Å². The Morgan fingerprint density at radius 2 is 1.90 bits per heavy atom. The molecule has 1 amide bonds. The van der Waals surface area contributed by atoms with Crippen LogP contribution < -0.4 is 0 Å². The van der Waals surface area contributed by atoms with Crippen molar-refractivity contribution in [1.29, 1.82) is 0 Å².